The molecule has 1 N–H and O–H groups in total. The average Bonchev–Trinajstić information content (AvgIpc) is 2.64. The van der Waals surface area contributed by atoms with Crippen LogP contribution >= 0.6 is 35.0 Å². The third-order valence-corrected chi connectivity index (χ3v) is 4.06. The molecule has 0 radical (unpaired) electrons. The Labute approximate surface area is 119 Å². The molecule has 1 unspecified atom stereocenters. The summed E-state index contributed by atoms with van der Waals surface area (Å²) in [5.41, 5.74) is 2.14. The maximum atomic E-state index is 10.1. The molecule has 1 atom stereocenters. The van der Waals surface area contributed by atoms with E-state index in [1.165, 1.54) is 0 Å². The summed E-state index contributed by atoms with van der Waals surface area (Å²) in [5, 5.41) is 10.1. The third kappa shape index (κ3) is 2.09. The van der Waals surface area contributed by atoms with E-state index in [0.717, 1.165) is 32.7 Å². The van der Waals surface area contributed by atoms with E-state index in [2.05, 4.69) is 27.5 Å². The normalized spacial score (nSPS) is 21.9. The number of ether oxygens (including phenoxy) is 2. The molecule has 0 aliphatic carbocycles. The number of aliphatic hydroxyl groups excluding tert-OH is 1. The zero-order valence-corrected chi connectivity index (χ0v) is 12.2. The lowest BCUT2D eigenvalue weighted by Crippen LogP contribution is -2.30. The van der Waals surface area contributed by atoms with Crippen molar-refractivity contribution >= 4 is 35.0 Å². The summed E-state index contributed by atoms with van der Waals surface area (Å²) < 4.78 is 11.8. The Morgan fingerprint density at radius 2 is 2.24 bits per heavy atom. The molecule has 2 heterocycles. The molecule has 6 heteroatoms. The molecule has 0 spiro atoms. The lowest BCUT2D eigenvalue weighted by molar-refractivity contribution is 0.107. The Balaban J connectivity index is 0.00000108. The van der Waals surface area contributed by atoms with Crippen LogP contribution in [-0.4, -0.2) is 30.4 Å². The van der Waals surface area contributed by atoms with Crippen molar-refractivity contribution in [3.05, 3.63) is 20.8 Å². The fourth-order valence-electron chi connectivity index (χ4n) is 2.30. The lowest BCUT2D eigenvalue weighted by Gasteiger charge is -2.30. The van der Waals surface area contributed by atoms with Crippen LogP contribution in [0.5, 0.6) is 11.5 Å². The van der Waals surface area contributed by atoms with E-state index in [0.29, 0.717) is 6.54 Å². The summed E-state index contributed by atoms with van der Waals surface area (Å²) in [4.78, 5) is 2.10. The highest BCUT2D eigenvalue weighted by Crippen LogP contribution is 2.43. The van der Waals surface area contributed by atoms with E-state index < -0.39 is 6.10 Å². The van der Waals surface area contributed by atoms with Gasteiger partial charge in [-0.25, -0.2) is 0 Å². The molecule has 0 saturated heterocycles. The van der Waals surface area contributed by atoms with Crippen LogP contribution in [0.15, 0.2) is 6.07 Å². The second-order valence-electron chi connectivity index (χ2n) is 4.21. The molecule has 0 saturated carbocycles. The molecule has 2 aliphatic rings. The molecule has 17 heavy (non-hydrogen) atoms. The second-order valence-corrected chi connectivity index (χ2v) is 5.29. The van der Waals surface area contributed by atoms with Gasteiger partial charge in [0, 0.05) is 18.7 Å². The lowest BCUT2D eigenvalue weighted by atomic mass is 9.97. The smallest absolute Gasteiger partial charge is 0.231 e. The predicted molar refractivity (Wildman–Crippen MR) is 73.8 cm³/mol. The SMILES string of the molecule is CN1Cc2cc3c(c(I)c2C(O)C1)OCO3.Cl. The number of aliphatic hydroxyl groups is 1. The van der Waals surface area contributed by atoms with E-state index in [4.69, 9.17) is 9.47 Å². The number of hydrogen-bond donors (Lipinski definition) is 1. The van der Waals surface area contributed by atoms with Crippen molar-refractivity contribution in [1.29, 1.82) is 0 Å². The van der Waals surface area contributed by atoms with Gasteiger partial charge in [-0.1, -0.05) is 0 Å². The second kappa shape index (κ2) is 4.79. The zero-order chi connectivity index (χ0) is 11.3. The van der Waals surface area contributed by atoms with Gasteiger partial charge >= 0.3 is 0 Å². The predicted octanol–water partition coefficient (Wildman–Crippen LogP) is 1.92. The number of halogens is 2. The van der Waals surface area contributed by atoms with Gasteiger partial charge in [-0.3, -0.25) is 4.90 Å². The van der Waals surface area contributed by atoms with Gasteiger partial charge in [0.05, 0.1) is 9.67 Å². The van der Waals surface area contributed by atoms with Gasteiger partial charge in [-0.05, 0) is 41.3 Å². The van der Waals surface area contributed by atoms with Gasteiger partial charge in [0.25, 0.3) is 0 Å². The summed E-state index contributed by atoms with van der Waals surface area (Å²) in [7, 11) is 2.00. The van der Waals surface area contributed by atoms with Crippen LogP contribution in [-0.2, 0) is 6.54 Å². The van der Waals surface area contributed by atoms with Gasteiger partial charge in [-0.15, -0.1) is 12.4 Å². The highest BCUT2D eigenvalue weighted by atomic mass is 127. The molecule has 0 aromatic heterocycles. The monoisotopic (exact) mass is 369 g/mol. The zero-order valence-electron chi connectivity index (χ0n) is 9.27. The number of hydrogen-bond acceptors (Lipinski definition) is 4. The number of β-amino-alcohol motifs (C(OH)–C–C–N with tert-alkyl or cyclic N) is 1. The van der Waals surface area contributed by atoms with E-state index in [9.17, 15) is 5.11 Å². The first-order valence-corrected chi connectivity index (χ1v) is 6.22. The minimum Gasteiger partial charge on any atom is -0.454 e. The maximum absolute atomic E-state index is 10.1. The van der Waals surface area contributed by atoms with Crippen molar-refractivity contribution in [1.82, 2.24) is 4.90 Å². The summed E-state index contributed by atoms with van der Waals surface area (Å²) in [5.74, 6) is 1.58. The number of nitrogens with zero attached hydrogens (tertiary/aromatic N) is 1. The summed E-state index contributed by atoms with van der Waals surface area (Å²) >= 11 is 2.23. The van der Waals surface area contributed by atoms with Gasteiger partial charge < -0.3 is 14.6 Å². The summed E-state index contributed by atoms with van der Waals surface area (Å²) in [6.45, 7) is 1.79. The van der Waals surface area contributed by atoms with Crippen LogP contribution < -0.4 is 9.47 Å². The molecule has 3 rings (SSSR count). The standard InChI is InChI=1S/C11H12INO3.ClH/c1-13-3-6-2-8-11(16-5-15-8)10(12)9(6)7(14)4-13;/h2,7,14H,3-5H2,1H3;1H. The molecule has 0 fully saturated rings. The maximum Gasteiger partial charge on any atom is 0.231 e. The fourth-order valence-corrected chi connectivity index (χ4v) is 3.43. The van der Waals surface area contributed by atoms with Crippen LogP contribution in [0.1, 0.15) is 17.2 Å². The minimum atomic E-state index is -0.435. The first-order valence-electron chi connectivity index (χ1n) is 5.14. The molecule has 0 amide bonds. The summed E-state index contributed by atoms with van der Waals surface area (Å²) in [6.07, 6.45) is -0.435. The fraction of sp³-hybridized carbons (Fsp3) is 0.455. The number of fused-ring (bicyclic) bond motifs is 2. The average molecular weight is 370 g/mol. The van der Waals surface area contributed by atoms with Crippen molar-refractivity contribution in [3.63, 3.8) is 0 Å². The molecule has 1 aromatic carbocycles. The molecule has 94 valence electrons. The topological polar surface area (TPSA) is 41.9 Å². The van der Waals surface area contributed by atoms with Gasteiger partial charge in [0.1, 0.15) is 0 Å². The quantitative estimate of drug-likeness (QED) is 0.710. The minimum absolute atomic E-state index is 0. The van der Waals surface area contributed by atoms with Crippen molar-refractivity contribution in [3.8, 4) is 11.5 Å². The highest BCUT2D eigenvalue weighted by molar-refractivity contribution is 14.1. The van der Waals surface area contributed by atoms with Crippen molar-refractivity contribution in [2.24, 2.45) is 0 Å². The first kappa shape index (κ1) is 13.2. The summed E-state index contributed by atoms with van der Waals surface area (Å²) in [6, 6.07) is 1.98. The number of likely N-dealkylation sites (N-methyl/N-ethyl adjacent to an activating group) is 1. The Morgan fingerprint density at radius 1 is 1.47 bits per heavy atom. The van der Waals surface area contributed by atoms with E-state index in [1.54, 1.807) is 0 Å². The Hall–Kier alpha value is -0.240. The molecule has 0 bridgehead atoms. The molecule has 2 aliphatic heterocycles. The van der Waals surface area contributed by atoms with Crippen LogP contribution in [0.4, 0.5) is 0 Å². The Kier molecular flexibility index (Phi) is 3.72. The van der Waals surface area contributed by atoms with E-state index >= 15 is 0 Å². The van der Waals surface area contributed by atoms with Crippen LogP contribution in [0, 0.1) is 3.57 Å². The molecular weight excluding hydrogens is 356 g/mol. The van der Waals surface area contributed by atoms with Gasteiger partial charge in [0.15, 0.2) is 11.5 Å². The van der Waals surface area contributed by atoms with Crippen LogP contribution in [0.2, 0.25) is 0 Å². The molecule has 1 aromatic rings. The number of benzene rings is 1. The van der Waals surface area contributed by atoms with Crippen LogP contribution in [0.25, 0.3) is 0 Å². The van der Waals surface area contributed by atoms with Crippen molar-refractivity contribution in [2.75, 3.05) is 20.4 Å². The molecule has 4 nitrogen and oxygen atoms in total. The van der Waals surface area contributed by atoms with Gasteiger partial charge in [0.2, 0.25) is 6.79 Å². The largest absolute Gasteiger partial charge is 0.454 e. The highest BCUT2D eigenvalue weighted by Gasteiger charge is 2.30. The van der Waals surface area contributed by atoms with Crippen LogP contribution in [0.3, 0.4) is 0 Å². The molecular formula is C11H13ClINO3. The van der Waals surface area contributed by atoms with Crippen molar-refractivity contribution in [2.45, 2.75) is 12.6 Å². The van der Waals surface area contributed by atoms with Gasteiger partial charge in [-0.2, -0.15) is 0 Å². The first-order chi connectivity index (χ1) is 7.66. The van der Waals surface area contributed by atoms with E-state index in [-0.39, 0.29) is 19.2 Å². The number of rotatable bonds is 0. The van der Waals surface area contributed by atoms with Crippen molar-refractivity contribution < 1.29 is 14.6 Å². The third-order valence-electron chi connectivity index (χ3n) is 2.99. The Morgan fingerprint density at radius 3 is 3.00 bits per heavy atom. The van der Waals surface area contributed by atoms with E-state index in [1.807, 2.05) is 13.1 Å². The Bertz CT molecular complexity index is 455.